The predicted octanol–water partition coefficient (Wildman–Crippen LogP) is 3.63. The first-order valence-electron chi connectivity index (χ1n) is 10.7. The van der Waals surface area contributed by atoms with Gasteiger partial charge in [-0.25, -0.2) is 0 Å². The molecule has 1 unspecified atom stereocenters. The number of amides is 2. The molecule has 0 spiro atoms. The zero-order valence-electron chi connectivity index (χ0n) is 18.7. The monoisotopic (exact) mass is 492 g/mol. The number of nitrogens with zero attached hydrogens (tertiary/aromatic N) is 1. The van der Waals surface area contributed by atoms with Crippen LogP contribution in [0.3, 0.4) is 0 Å². The molecule has 0 bridgehead atoms. The molecule has 180 valence electrons. The summed E-state index contributed by atoms with van der Waals surface area (Å²) in [6, 6.07) is 20.9. The summed E-state index contributed by atoms with van der Waals surface area (Å²) in [6.45, 7) is 0.347. The third kappa shape index (κ3) is 6.69. The largest absolute Gasteiger partial charge is 0.506 e. The van der Waals surface area contributed by atoms with Crippen LogP contribution >= 0.6 is 11.6 Å². The zero-order valence-corrected chi connectivity index (χ0v) is 19.4. The highest BCUT2D eigenvalue weighted by Gasteiger charge is 2.11. The standard InChI is InChI=1S/C19H19N3O2.C7H6ClNO2/c20-11-15-7-4-8-17-16(15)9-10-22(17)13-19(24)21-12-18(23)14-5-2-1-3-6-14;8-5-3-4(7(9)11)1-2-6(5)10/h1-11,18,20,23H,12-13H2,(H,21,24);1-3,10H,(H2,9,11). The van der Waals surface area contributed by atoms with Crippen molar-refractivity contribution in [2.24, 2.45) is 5.73 Å². The maximum atomic E-state index is 12.2. The normalized spacial score (nSPS) is 11.3. The minimum atomic E-state index is -0.721. The van der Waals surface area contributed by atoms with Crippen LogP contribution in [-0.2, 0) is 11.3 Å². The lowest BCUT2D eigenvalue weighted by molar-refractivity contribution is -0.122. The van der Waals surface area contributed by atoms with Crippen LogP contribution in [0.25, 0.3) is 10.9 Å². The minimum Gasteiger partial charge on any atom is -0.506 e. The van der Waals surface area contributed by atoms with E-state index < -0.39 is 12.0 Å². The van der Waals surface area contributed by atoms with Gasteiger partial charge in [-0.1, -0.05) is 54.1 Å². The first kappa shape index (κ1) is 25.5. The second kappa shape index (κ2) is 11.8. The molecule has 1 heterocycles. The number of primary amides is 1. The number of aromatic hydroxyl groups is 1. The minimum absolute atomic E-state index is 0.0586. The molecule has 0 saturated heterocycles. The van der Waals surface area contributed by atoms with Gasteiger partial charge in [0.15, 0.2) is 0 Å². The van der Waals surface area contributed by atoms with Crippen molar-refractivity contribution in [3.63, 3.8) is 0 Å². The van der Waals surface area contributed by atoms with Crippen molar-refractivity contribution in [1.82, 2.24) is 9.88 Å². The molecule has 0 radical (unpaired) electrons. The van der Waals surface area contributed by atoms with Crippen LogP contribution in [0.5, 0.6) is 5.75 Å². The average molecular weight is 493 g/mol. The Hall–Kier alpha value is -4.14. The third-order valence-corrected chi connectivity index (χ3v) is 5.53. The van der Waals surface area contributed by atoms with Crippen LogP contribution in [0, 0.1) is 5.41 Å². The van der Waals surface area contributed by atoms with Gasteiger partial charge in [0, 0.05) is 41.0 Å². The van der Waals surface area contributed by atoms with Crippen LogP contribution in [0.4, 0.5) is 0 Å². The number of carbonyl (C=O) groups excluding carboxylic acids is 2. The lowest BCUT2D eigenvalue weighted by Gasteiger charge is -2.13. The van der Waals surface area contributed by atoms with Crippen molar-refractivity contribution in [3.8, 4) is 5.75 Å². The first-order valence-corrected chi connectivity index (χ1v) is 11.0. The quantitative estimate of drug-likeness (QED) is 0.251. The topological polar surface area (TPSA) is 141 Å². The Bertz CT molecular complexity index is 1340. The second-order valence-electron chi connectivity index (χ2n) is 7.63. The smallest absolute Gasteiger partial charge is 0.248 e. The van der Waals surface area contributed by atoms with Gasteiger partial charge in [-0.2, -0.15) is 0 Å². The Kier molecular flexibility index (Phi) is 8.61. The van der Waals surface area contributed by atoms with Crippen molar-refractivity contribution in [2.75, 3.05) is 6.54 Å². The van der Waals surface area contributed by atoms with Gasteiger partial charge < -0.3 is 31.2 Å². The number of phenolic OH excluding ortho intramolecular Hbond substituents is 1. The van der Waals surface area contributed by atoms with Crippen LogP contribution in [-0.4, -0.2) is 39.4 Å². The number of phenols is 1. The number of benzene rings is 3. The highest BCUT2D eigenvalue weighted by Crippen LogP contribution is 2.23. The molecule has 8 nitrogen and oxygen atoms in total. The number of fused-ring (bicyclic) bond motifs is 1. The van der Waals surface area contributed by atoms with Crippen LogP contribution < -0.4 is 11.1 Å². The highest BCUT2D eigenvalue weighted by atomic mass is 35.5. The molecule has 0 aliphatic heterocycles. The number of carbonyl (C=O) groups is 2. The molecule has 35 heavy (non-hydrogen) atoms. The summed E-state index contributed by atoms with van der Waals surface area (Å²) in [5.41, 5.74) is 7.75. The second-order valence-corrected chi connectivity index (χ2v) is 8.04. The van der Waals surface area contributed by atoms with Gasteiger partial charge in [-0.3, -0.25) is 9.59 Å². The Labute approximate surface area is 207 Å². The number of aromatic nitrogens is 1. The van der Waals surface area contributed by atoms with Crippen molar-refractivity contribution in [1.29, 1.82) is 5.41 Å². The van der Waals surface area contributed by atoms with E-state index in [0.717, 1.165) is 22.0 Å². The van der Waals surface area contributed by atoms with E-state index in [4.69, 9.17) is 27.9 Å². The molecule has 4 rings (SSSR count). The molecule has 1 atom stereocenters. The number of rotatable bonds is 7. The average Bonchev–Trinajstić information content (AvgIpc) is 3.27. The number of hydrogen-bond acceptors (Lipinski definition) is 5. The van der Waals surface area contributed by atoms with Gasteiger partial charge in [0.2, 0.25) is 11.8 Å². The fourth-order valence-electron chi connectivity index (χ4n) is 3.39. The fraction of sp³-hybridized carbons (Fsp3) is 0.115. The van der Waals surface area contributed by atoms with Gasteiger partial charge in [0.1, 0.15) is 12.3 Å². The zero-order chi connectivity index (χ0) is 25.4. The van der Waals surface area contributed by atoms with E-state index in [2.05, 4.69) is 5.32 Å². The van der Waals surface area contributed by atoms with Gasteiger partial charge in [0.05, 0.1) is 11.1 Å². The van der Waals surface area contributed by atoms with E-state index in [-0.39, 0.29) is 35.3 Å². The van der Waals surface area contributed by atoms with E-state index in [1.807, 2.05) is 65.4 Å². The number of aliphatic hydroxyl groups excluding tert-OH is 1. The van der Waals surface area contributed by atoms with Crippen molar-refractivity contribution < 1.29 is 19.8 Å². The van der Waals surface area contributed by atoms with Crippen molar-refractivity contribution >= 4 is 40.5 Å². The van der Waals surface area contributed by atoms with Gasteiger partial charge in [-0.05, 0) is 35.9 Å². The van der Waals surface area contributed by atoms with Crippen molar-refractivity contribution in [3.05, 3.63) is 101 Å². The molecule has 0 fully saturated rings. The maximum Gasteiger partial charge on any atom is 0.248 e. The Balaban J connectivity index is 0.000000261. The molecule has 6 N–H and O–H groups in total. The molecule has 4 aromatic rings. The van der Waals surface area contributed by atoms with Gasteiger partial charge >= 0.3 is 0 Å². The molecule has 9 heteroatoms. The molecule has 3 aromatic carbocycles. The Morgan fingerprint density at radius 3 is 2.49 bits per heavy atom. The lowest BCUT2D eigenvalue weighted by atomic mass is 10.1. The summed E-state index contributed by atoms with van der Waals surface area (Å²) >= 11 is 5.50. The van der Waals surface area contributed by atoms with Crippen molar-refractivity contribution in [2.45, 2.75) is 12.6 Å². The van der Waals surface area contributed by atoms with Gasteiger partial charge in [-0.15, -0.1) is 0 Å². The SMILES string of the molecule is N=Cc1cccc2c1ccn2CC(=O)NCC(O)c1ccccc1.NC(=O)c1ccc(O)c(Cl)c1. The summed E-state index contributed by atoms with van der Waals surface area (Å²) in [5, 5.41) is 30.3. The first-order chi connectivity index (χ1) is 16.8. The van der Waals surface area contributed by atoms with E-state index in [1.165, 1.54) is 24.4 Å². The van der Waals surface area contributed by atoms with E-state index in [1.54, 1.807) is 0 Å². The summed E-state index contributed by atoms with van der Waals surface area (Å²) in [6.07, 6.45) is 2.43. The maximum absolute atomic E-state index is 12.2. The Morgan fingerprint density at radius 2 is 1.83 bits per heavy atom. The molecule has 0 saturated carbocycles. The molecule has 2 amide bonds. The summed E-state index contributed by atoms with van der Waals surface area (Å²) in [4.78, 5) is 22.7. The number of nitrogens with one attached hydrogen (secondary N) is 2. The molecule has 1 aromatic heterocycles. The molecule has 0 aliphatic rings. The fourth-order valence-corrected chi connectivity index (χ4v) is 3.57. The predicted molar refractivity (Wildman–Crippen MR) is 136 cm³/mol. The number of hydrogen-bond donors (Lipinski definition) is 5. The summed E-state index contributed by atoms with van der Waals surface area (Å²) in [7, 11) is 0. The Morgan fingerprint density at radius 1 is 1.09 bits per heavy atom. The number of halogens is 1. The van der Waals surface area contributed by atoms with E-state index >= 15 is 0 Å². The van der Waals surface area contributed by atoms with Crippen LogP contribution in [0.2, 0.25) is 5.02 Å². The third-order valence-electron chi connectivity index (χ3n) is 5.23. The molecular formula is C26H25ClN4O4. The highest BCUT2D eigenvalue weighted by molar-refractivity contribution is 6.32. The van der Waals surface area contributed by atoms with Crippen LogP contribution in [0.15, 0.2) is 79.0 Å². The number of nitrogens with two attached hydrogens (primary N) is 1. The van der Waals surface area contributed by atoms with E-state index in [9.17, 15) is 14.7 Å². The number of aliphatic hydroxyl groups is 1. The molecular weight excluding hydrogens is 468 g/mol. The molecule has 0 aliphatic carbocycles. The van der Waals surface area contributed by atoms with E-state index in [0.29, 0.717) is 0 Å². The summed E-state index contributed by atoms with van der Waals surface area (Å²) < 4.78 is 1.84. The van der Waals surface area contributed by atoms with Crippen LogP contribution in [0.1, 0.15) is 27.6 Å². The lowest BCUT2D eigenvalue weighted by Crippen LogP contribution is -2.31. The van der Waals surface area contributed by atoms with Gasteiger partial charge in [0.25, 0.3) is 0 Å². The summed E-state index contributed by atoms with van der Waals surface area (Å²) in [5.74, 6) is -0.786.